The van der Waals surface area contributed by atoms with E-state index in [9.17, 15) is 9.59 Å². The maximum atomic E-state index is 13.5. The molecule has 3 aromatic carbocycles. The van der Waals surface area contributed by atoms with E-state index < -0.39 is 11.6 Å². The number of aryl methyl sites for hydroxylation is 1. The largest absolute Gasteiger partial charge is 0.323 e. The number of thioether (sulfide) groups is 1. The van der Waals surface area contributed by atoms with E-state index in [1.165, 1.54) is 11.8 Å². The first-order chi connectivity index (χ1) is 18.3. The van der Waals surface area contributed by atoms with Crippen LogP contribution in [0.4, 0.5) is 16.2 Å². The van der Waals surface area contributed by atoms with Gasteiger partial charge in [-0.3, -0.25) is 9.78 Å². The van der Waals surface area contributed by atoms with Crippen LogP contribution >= 0.6 is 23.4 Å². The number of pyridine rings is 2. The van der Waals surface area contributed by atoms with Crippen molar-refractivity contribution in [1.29, 1.82) is 0 Å². The van der Waals surface area contributed by atoms with Crippen molar-refractivity contribution in [2.75, 3.05) is 16.9 Å². The summed E-state index contributed by atoms with van der Waals surface area (Å²) in [5, 5.41) is 7.97. The maximum absolute atomic E-state index is 13.5. The highest BCUT2D eigenvalue weighted by atomic mass is 35.5. The van der Waals surface area contributed by atoms with E-state index >= 15 is 0 Å². The van der Waals surface area contributed by atoms with Crippen LogP contribution in [0, 0.1) is 6.92 Å². The van der Waals surface area contributed by atoms with Crippen LogP contribution in [0.2, 0.25) is 5.02 Å². The molecule has 0 aliphatic heterocycles. The molecule has 0 aliphatic rings. The zero-order valence-corrected chi connectivity index (χ0v) is 23.1. The number of benzene rings is 3. The molecule has 0 unspecified atom stereocenters. The summed E-state index contributed by atoms with van der Waals surface area (Å²) >= 11 is 8.18. The van der Waals surface area contributed by atoms with E-state index in [0.717, 1.165) is 32.3 Å². The SMILES string of the molecule is CSc1ccc2ncccc2c1NC(=O)Nc1c(-c2ccccc2Cl)c2c(C)c(C(C)C)ccc2[nH]c1=O. The second kappa shape index (κ2) is 10.5. The highest BCUT2D eigenvalue weighted by Gasteiger charge is 2.22. The lowest BCUT2D eigenvalue weighted by atomic mass is 9.90. The lowest BCUT2D eigenvalue weighted by molar-refractivity contribution is 0.262. The molecule has 6 nitrogen and oxygen atoms in total. The maximum Gasteiger partial charge on any atom is 0.323 e. The Morgan fingerprint density at radius 3 is 2.50 bits per heavy atom. The Morgan fingerprint density at radius 1 is 1.00 bits per heavy atom. The van der Waals surface area contributed by atoms with E-state index in [2.05, 4.69) is 34.4 Å². The smallest absolute Gasteiger partial charge is 0.320 e. The van der Waals surface area contributed by atoms with E-state index in [0.29, 0.717) is 27.4 Å². The third-order valence-corrected chi connectivity index (χ3v) is 7.80. The van der Waals surface area contributed by atoms with Crippen molar-refractivity contribution >= 4 is 62.6 Å². The molecule has 2 heterocycles. The van der Waals surface area contributed by atoms with Gasteiger partial charge < -0.3 is 15.6 Å². The molecule has 5 rings (SSSR count). The average Bonchev–Trinajstić information content (AvgIpc) is 2.90. The first-order valence-electron chi connectivity index (χ1n) is 12.2. The number of aromatic amines is 1. The van der Waals surface area contributed by atoms with Crippen LogP contribution < -0.4 is 16.2 Å². The average molecular weight is 543 g/mol. The van der Waals surface area contributed by atoms with Gasteiger partial charge in [-0.25, -0.2) is 4.79 Å². The zero-order chi connectivity index (χ0) is 27.0. The number of carbonyl (C=O) groups is 1. The van der Waals surface area contributed by atoms with Gasteiger partial charge in [0.15, 0.2) is 0 Å². The van der Waals surface area contributed by atoms with Crippen molar-refractivity contribution in [2.45, 2.75) is 31.6 Å². The molecule has 192 valence electrons. The number of hydrogen-bond donors (Lipinski definition) is 3. The standard InChI is InChI=1S/C30H27ClN4O2S/c1-16(2)18-11-12-23-25(17(18)3)26(19-8-5-6-10-21(19)31)28(29(36)33-23)35-30(37)34-27-20-9-7-15-32-22(20)13-14-24(27)38-4/h5-16H,1-4H3,(H,33,36)(H2,34,35,37). The monoisotopic (exact) mass is 542 g/mol. The molecule has 38 heavy (non-hydrogen) atoms. The minimum absolute atomic E-state index is 0.135. The number of nitrogens with zero attached hydrogens (tertiary/aromatic N) is 1. The van der Waals surface area contributed by atoms with Crippen molar-refractivity contribution in [3.63, 3.8) is 0 Å². The van der Waals surface area contributed by atoms with E-state index in [4.69, 9.17) is 11.6 Å². The molecule has 8 heteroatoms. The Balaban J connectivity index is 1.69. The number of nitrogens with one attached hydrogen (secondary N) is 3. The number of rotatable bonds is 5. The van der Waals surface area contributed by atoms with Crippen LogP contribution in [0.5, 0.6) is 0 Å². The van der Waals surface area contributed by atoms with Gasteiger partial charge in [0.2, 0.25) is 0 Å². The fourth-order valence-corrected chi connectivity index (χ4v) is 5.74. The van der Waals surface area contributed by atoms with Crippen molar-refractivity contribution in [2.24, 2.45) is 0 Å². The van der Waals surface area contributed by atoms with Gasteiger partial charge in [0.25, 0.3) is 5.56 Å². The summed E-state index contributed by atoms with van der Waals surface area (Å²) in [7, 11) is 0. The van der Waals surface area contributed by atoms with Gasteiger partial charge >= 0.3 is 6.03 Å². The van der Waals surface area contributed by atoms with Gasteiger partial charge in [0.1, 0.15) is 5.69 Å². The van der Waals surface area contributed by atoms with Crippen molar-refractivity contribution in [3.05, 3.63) is 93.4 Å². The van der Waals surface area contributed by atoms with Gasteiger partial charge in [-0.05, 0) is 66.6 Å². The first kappa shape index (κ1) is 25.8. The zero-order valence-electron chi connectivity index (χ0n) is 21.5. The minimum Gasteiger partial charge on any atom is -0.320 e. The molecule has 0 saturated carbocycles. The molecule has 0 aliphatic carbocycles. The number of halogens is 1. The quantitative estimate of drug-likeness (QED) is 0.195. The minimum atomic E-state index is -0.535. The Hall–Kier alpha value is -3.81. The fourth-order valence-electron chi connectivity index (χ4n) is 4.95. The predicted octanol–water partition coefficient (Wildman–Crippen LogP) is 8.19. The van der Waals surface area contributed by atoms with Crippen LogP contribution in [0.25, 0.3) is 32.9 Å². The Bertz CT molecular complexity index is 1760. The summed E-state index contributed by atoms with van der Waals surface area (Å²) in [5.74, 6) is 0.273. The lowest BCUT2D eigenvalue weighted by Gasteiger charge is -2.20. The highest BCUT2D eigenvalue weighted by Crippen LogP contribution is 2.40. The molecule has 2 amide bonds. The molecule has 0 spiro atoms. The predicted molar refractivity (Wildman–Crippen MR) is 160 cm³/mol. The molecular formula is C30H27ClN4O2S. The van der Waals surface area contributed by atoms with Gasteiger partial charge in [0, 0.05) is 43.5 Å². The number of hydrogen-bond acceptors (Lipinski definition) is 4. The van der Waals surface area contributed by atoms with Crippen LogP contribution in [0.1, 0.15) is 30.9 Å². The topological polar surface area (TPSA) is 86.9 Å². The second-order valence-electron chi connectivity index (χ2n) is 9.33. The third-order valence-electron chi connectivity index (χ3n) is 6.69. The highest BCUT2D eigenvalue weighted by molar-refractivity contribution is 7.98. The number of amides is 2. The van der Waals surface area contributed by atoms with Crippen molar-refractivity contribution in [1.82, 2.24) is 9.97 Å². The summed E-state index contributed by atoms with van der Waals surface area (Å²) in [6.45, 7) is 6.29. The fraction of sp³-hybridized carbons (Fsp3) is 0.167. The number of anilines is 2. The number of carbonyl (C=O) groups excluding carboxylic acids is 1. The Morgan fingerprint density at radius 2 is 1.76 bits per heavy atom. The summed E-state index contributed by atoms with van der Waals surface area (Å²) in [4.78, 5) is 35.2. The van der Waals surface area contributed by atoms with Crippen LogP contribution in [-0.2, 0) is 0 Å². The number of fused-ring (bicyclic) bond motifs is 2. The Labute approximate surface area is 229 Å². The van der Waals surface area contributed by atoms with Crippen LogP contribution in [0.3, 0.4) is 0 Å². The van der Waals surface area contributed by atoms with Gasteiger partial charge in [0.05, 0.1) is 11.2 Å². The third kappa shape index (κ3) is 4.64. The Kier molecular flexibility index (Phi) is 7.15. The molecule has 3 N–H and O–H groups in total. The van der Waals surface area contributed by atoms with Gasteiger partial charge in [-0.15, -0.1) is 11.8 Å². The second-order valence-corrected chi connectivity index (χ2v) is 10.6. The molecule has 0 saturated heterocycles. The first-order valence-corrected chi connectivity index (χ1v) is 13.8. The molecular weight excluding hydrogens is 516 g/mol. The molecule has 5 aromatic rings. The summed E-state index contributed by atoms with van der Waals surface area (Å²) < 4.78 is 0. The van der Waals surface area contributed by atoms with E-state index in [1.54, 1.807) is 12.3 Å². The number of aromatic nitrogens is 2. The van der Waals surface area contributed by atoms with Crippen LogP contribution in [0.15, 0.2) is 76.6 Å². The normalized spacial score (nSPS) is 11.3. The van der Waals surface area contributed by atoms with E-state index in [1.807, 2.05) is 67.8 Å². The van der Waals surface area contributed by atoms with Gasteiger partial charge in [-0.1, -0.05) is 49.7 Å². The lowest BCUT2D eigenvalue weighted by Crippen LogP contribution is -2.26. The summed E-state index contributed by atoms with van der Waals surface area (Å²) in [6.07, 6.45) is 3.66. The summed E-state index contributed by atoms with van der Waals surface area (Å²) in [5.41, 5.74) is 5.24. The molecule has 2 aromatic heterocycles. The molecule has 0 atom stereocenters. The number of H-pyrrole nitrogens is 1. The van der Waals surface area contributed by atoms with Crippen LogP contribution in [-0.4, -0.2) is 22.3 Å². The molecule has 0 radical (unpaired) electrons. The molecule has 0 fully saturated rings. The van der Waals surface area contributed by atoms with Gasteiger partial charge in [-0.2, -0.15) is 0 Å². The summed E-state index contributed by atoms with van der Waals surface area (Å²) in [6, 6.07) is 18.3. The van der Waals surface area contributed by atoms with Crippen molar-refractivity contribution in [3.8, 4) is 11.1 Å². The van der Waals surface area contributed by atoms with Crippen molar-refractivity contribution < 1.29 is 4.79 Å². The molecule has 0 bridgehead atoms. The van der Waals surface area contributed by atoms with E-state index in [-0.39, 0.29) is 11.6 Å². The number of urea groups is 1.